The molecule has 10 N–H and O–H groups in total. The summed E-state index contributed by atoms with van der Waals surface area (Å²) in [4.78, 5) is 111. The van der Waals surface area contributed by atoms with Crippen molar-refractivity contribution in [2.24, 2.45) is 38.6 Å². The minimum Gasteiger partial charge on any atom is -0.481 e. The van der Waals surface area contributed by atoms with Crippen molar-refractivity contribution in [1.82, 2.24) is 10.3 Å². The molecule has 0 fully saturated rings. The Hall–Kier alpha value is -6.86. The molecule has 0 saturated carbocycles. The zero-order valence-corrected chi connectivity index (χ0v) is 33.9. The number of allylic oxidation sites excluding steroid dienone is 6. The molecule has 1 unspecified atom stereocenters. The fourth-order valence-corrected chi connectivity index (χ4v) is 9.32. The first kappa shape index (κ1) is 46.2. The van der Waals surface area contributed by atoms with Gasteiger partial charge in [-0.05, 0) is 60.6 Å². The largest absolute Gasteiger partial charge is 0.481 e. The van der Waals surface area contributed by atoms with E-state index in [4.69, 9.17) is 9.98 Å². The van der Waals surface area contributed by atoms with Crippen LogP contribution in [0.25, 0.3) is 6.08 Å². The number of nitrogens with one attached hydrogen (secondary N) is 2. The number of aromatic nitrogens is 1. The van der Waals surface area contributed by atoms with Crippen LogP contribution in [0.4, 0.5) is 0 Å². The van der Waals surface area contributed by atoms with Crippen LogP contribution in [0.3, 0.4) is 0 Å². The molecule has 0 radical (unpaired) electrons. The third-order valence-corrected chi connectivity index (χ3v) is 12.2. The molecule has 0 saturated heterocycles. The molecule has 20 nitrogen and oxygen atoms in total. The average Bonchev–Trinajstić information content (AvgIpc) is 3.77. The lowest BCUT2D eigenvalue weighted by atomic mass is 9.68. The highest BCUT2D eigenvalue weighted by Gasteiger charge is 2.51. The Bertz CT molecular complexity index is 2310. The number of nitrogens with zero attached hydrogens (tertiary/aromatic N) is 2. The zero-order chi connectivity index (χ0) is 45.8. The average molecular weight is 865 g/mol. The number of aliphatic imine (C=N–C) groups is 2. The maximum Gasteiger partial charge on any atom is 0.307 e. The van der Waals surface area contributed by atoms with E-state index in [9.17, 15) is 79.2 Å². The monoisotopic (exact) mass is 864 g/mol. The van der Waals surface area contributed by atoms with E-state index in [0.29, 0.717) is 11.3 Å². The van der Waals surface area contributed by atoms with E-state index in [2.05, 4.69) is 10.3 Å². The van der Waals surface area contributed by atoms with E-state index in [1.807, 2.05) is 0 Å². The maximum atomic E-state index is 12.6. The van der Waals surface area contributed by atoms with Crippen LogP contribution in [0.2, 0.25) is 0 Å². The third kappa shape index (κ3) is 10.2. The van der Waals surface area contributed by atoms with Crippen LogP contribution in [-0.4, -0.2) is 105 Å². The number of carboxylic acid groups (broad SMARTS) is 8. The highest BCUT2D eigenvalue weighted by molar-refractivity contribution is 6.06. The predicted molar refractivity (Wildman–Crippen MR) is 215 cm³/mol. The SMILES string of the molecule is C[C@@]1(CC(=O)O)C2=CC3=NC(=Cc4[nH]c(c(CCC(=O)O)c4CC(=O)O)CC4=C(CCC(=O)O)C(CC(=O)O)C(=CC(=N2)[C@H]1CCC(=O)O)N4)[C@@](C)(CC(=O)O)[C@@H]3CCC(=O)O. The van der Waals surface area contributed by atoms with Gasteiger partial charge in [0.25, 0.3) is 0 Å². The first-order valence-corrected chi connectivity index (χ1v) is 19.8. The van der Waals surface area contributed by atoms with Gasteiger partial charge in [0, 0.05) is 106 Å². The van der Waals surface area contributed by atoms with Gasteiger partial charge in [0.1, 0.15) is 0 Å². The van der Waals surface area contributed by atoms with Gasteiger partial charge >= 0.3 is 47.8 Å². The summed E-state index contributed by atoms with van der Waals surface area (Å²) in [7, 11) is 0. The lowest BCUT2D eigenvalue weighted by molar-refractivity contribution is -0.140. The minimum absolute atomic E-state index is 0.0760. The number of H-pyrrole nitrogens is 1. The van der Waals surface area contributed by atoms with Crippen molar-refractivity contribution in [2.45, 2.75) is 97.3 Å². The Morgan fingerprint density at radius 2 is 1.11 bits per heavy atom. The first-order valence-electron chi connectivity index (χ1n) is 19.8. The van der Waals surface area contributed by atoms with Crippen LogP contribution < -0.4 is 5.32 Å². The molecule has 5 rings (SSSR count). The highest BCUT2D eigenvalue weighted by atomic mass is 16.4. The van der Waals surface area contributed by atoms with Gasteiger partial charge in [-0.15, -0.1) is 0 Å². The minimum atomic E-state index is -1.48. The van der Waals surface area contributed by atoms with Crippen molar-refractivity contribution in [1.29, 1.82) is 0 Å². The van der Waals surface area contributed by atoms with Crippen molar-refractivity contribution in [3.05, 3.63) is 63.0 Å². The standard InChI is InChI=1S/C42H48N4O16/c1-41(17-39(59)60)23(5-9-35(51)52)29-14-27-21(11-37(55)56)19(3-7-33(47)48)25(43-27)13-26-20(4-8-34(49)50)22(12-38(57)58)28(44-26)15-31-42(2,18-40(61)62)24(6-10-36(53)54)30(46-31)16-32(41)45-29/h14-16,21,23-24,43-44H,3-13,17-18H2,1-2H3,(H,47,48)(H,49,50)(H,51,52)(H,53,54)(H,55,56)(H,57,58)(H,59,60)(H,61,62)/t21?,23-,24-,41+,42+/m1/s1. The first-order chi connectivity index (χ1) is 29.0. The summed E-state index contributed by atoms with van der Waals surface area (Å²) in [5.74, 6) is -12.9. The van der Waals surface area contributed by atoms with Crippen LogP contribution >= 0.6 is 0 Å². The van der Waals surface area contributed by atoms with E-state index < -0.39 is 128 Å². The Morgan fingerprint density at radius 1 is 0.613 bits per heavy atom. The molecule has 20 heteroatoms. The van der Waals surface area contributed by atoms with Gasteiger partial charge in [0.15, 0.2) is 0 Å². The van der Waals surface area contributed by atoms with Crippen LogP contribution in [0.5, 0.6) is 0 Å². The molecule has 0 aliphatic carbocycles. The van der Waals surface area contributed by atoms with Crippen LogP contribution in [0.15, 0.2) is 50.5 Å². The molecule has 8 bridgehead atoms. The van der Waals surface area contributed by atoms with Gasteiger partial charge in [-0.25, -0.2) is 0 Å². The highest BCUT2D eigenvalue weighted by Crippen LogP contribution is 2.53. The number of carboxylic acids is 8. The summed E-state index contributed by atoms with van der Waals surface area (Å²) in [6, 6.07) is 0. The molecule has 4 aliphatic rings. The van der Waals surface area contributed by atoms with Crippen molar-refractivity contribution < 1.29 is 79.2 Å². The second-order valence-electron chi connectivity index (χ2n) is 16.5. The van der Waals surface area contributed by atoms with E-state index in [0.717, 1.165) is 0 Å². The fraction of sp³-hybridized carbons (Fsp3) is 0.476. The normalized spacial score (nSPS) is 24.0. The number of hydrogen-bond acceptors (Lipinski definition) is 11. The third-order valence-electron chi connectivity index (χ3n) is 12.2. The van der Waals surface area contributed by atoms with Gasteiger partial charge in [0.2, 0.25) is 0 Å². The number of carbonyl (C=O) groups is 8. The van der Waals surface area contributed by atoms with Gasteiger partial charge in [-0.2, -0.15) is 0 Å². The van der Waals surface area contributed by atoms with E-state index in [-0.39, 0.29) is 83.1 Å². The van der Waals surface area contributed by atoms with Crippen molar-refractivity contribution in [2.75, 3.05) is 0 Å². The molecule has 0 aromatic carbocycles. The second kappa shape index (κ2) is 18.4. The van der Waals surface area contributed by atoms with Crippen molar-refractivity contribution in [3.63, 3.8) is 0 Å². The fourth-order valence-electron chi connectivity index (χ4n) is 9.32. The topological polar surface area (TPSA) is 351 Å². The molecule has 5 heterocycles. The Kier molecular flexibility index (Phi) is 13.7. The van der Waals surface area contributed by atoms with Gasteiger partial charge in [-0.1, -0.05) is 13.8 Å². The van der Waals surface area contributed by atoms with Gasteiger partial charge in [0.05, 0.1) is 25.7 Å². The number of fused-ring (bicyclic) bond motifs is 6. The molecule has 0 spiro atoms. The second-order valence-corrected chi connectivity index (χ2v) is 16.5. The zero-order valence-electron chi connectivity index (χ0n) is 33.9. The Labute approximate surface area is 353 Å². The molecular weight excluding hydrogens is 816 g/mol. The number of aromatic amines is 1. The lowest BCUT2D eigenvalue weighted by Gasteiger charge is -2.33. The Balaban J connectivity index is 1.94. The number of aliphatic carboxylic acids is 8. The molecule has 332 valence electrons. The number of rotatable bonds is 20. The molecule has 1 aromatic heterocycles. The summed E-state index contributed by atoms with van der Waals surface area (Å²) in [5.41, 5.74) is -0.823. The number of hydrogen-bond donors (Lipinski definition) is 10. The summed E-state index contributed by atoms with van der Waals surface area (Å²) in [5, 5.41) is 83.0. The molecular formula is C42H48N4O16. The van der Waals surface area contributed by atoms with Crippen molar-refractivity contribution in [3.8, 4) is 0 Å². The van der Waals surface area contributed by atoms with Crippen LogP contribution in [0.1, 0.15) is 101 Å². The van der Waals surface area contributed by atoms with E-state index >= 15 is 0 Å². The molecule has 4 aliphatic heterocycles. The predicted octanol–water partition coefficient (Wildman–Crippen LogP) is 3.97. The summed E-state index contributed by atoms with van der Waals surface area (Å²) in [6.07, 6.45) is -0.612. The van der Waals surface area contributed by atoms with Crippen LogP contribution in [-0.2, 0) is 57.6 Å². The Morgan fingerprint density at radius 3 is 1.60 bits per heavy atom. The smallest absolute Gasteiger partial charge is 0.307 e. The maximum absolute atomic E-state index is 12.6. The molecule has 0 amide bonds. The quantitative estimate of drug-likeness (QED) is 0.0886. The van der Waals surface area contributed by atoms with Gasteiger partial charge in [-0.3, -0.25) is 48.3 Å². The van der Waals surface area contributed by atoms with Crippen molar-refractivity contribution >= 4 is 65.3 Å². The molecule has 62 heavy (non-hydrogen) atoms. The summed E-state index contributed by atoms with van der Waals surface area (Å²) < 4.78 is 0. The van der Waals surface area contributed by atoms with Gasteiger partial charge < -0.3 is 51.2 Å². The van der Waals surface area contributed by atoms with E-state index in [1.54, 1.807) is 13.8 Å². The summed E-state index contributed by atoms with van der Waals surface area (Å²) >= 11 is 0. The summed E-state index contributed by atoms with van der Waals surface area (Å²) in [6.45, 7) is 3.12. The molecule has 5 atom stereocenters. The van der Waals surface area contributed by atoms with Crippen LogP contribution in [0, 0.1) is 28.6 Å². The molecule has 1 aromatic rings. The van der Waals surface area contributed by atoms with E-state index in [1.165, 1.54) is 18.2 Å². The lowest BCUT2D eigenvalue weighted by Crippen LogP contribution is -2.34.